The summed E-state index contributed by atoms with van der Waals surface area (Å²) in [6, 6.07) is 4.41. The summed E-state index contributed by atoms with van der Waals surface area (Å²) in [5.41, 5.74) is 1.62. The highest BCUT2D eigenvalue weighted by molar-refractivity contribution is 14.1. The summed E-state index contributed by atoms with van der Waals surface area (Å²) in [6.07, 6.45) is 0. The van der Waals surface area contributed by atoms with E-state index in [4.69, 9.17) is 11.6 Å². The van der Waals surface area contributed by atoms with E-state index in [2.05, 4.69) is 48.5 Å². The number of nitrogens with zero attached hydrogens (tertiary/aromatic N) is 2. The lowest BCUT2D eigenvalue weighted by atomic mass is 10.1. The van der Waals surface area contributed by atoms with Crippen molar-refractivity contribution in [3.8, 4) is 11.4 Å². The van der Waals surface area contributed by atoms with Crippen LogP contribution in [0.4, 0.5) is 4.39 Å². The van der Waals surface area contributed by atoms with Crippen LogP contribution in [0.1, 0.15) is 25.5 Å². The third-order valence-corrected chi connectivity index (χ3v) is 4.87. The summed E-state index contributed by atoms with van der Waals surface area (Å²) in [4.78, 5) is 8.81. The first-order chi connectivity index (χ1) is 8.90. The first-order valence-electron chi connectivity index (χ1n) is 5.58. The van der Waals surface area contributed by atoms with E-state index in [-0.39, 0.29) is 11.7 Å². The smallest absolute Gasteiger partial charge is 0.162 e. The number of benzene rings is 1. The topological polar surface area (TPSA) is 25.8 Å². The van der Waals surface area contributed by atoms with Gasteiger partial charge >= 0.3 is 0 Å². The van der Waals surface area contributed by atoms with Gasteiger partial charge in [-0.25, -0.2) is 14.4 Å². The van der Waals surface area contributed by atoms with Gasteiger partial charge in [-0.05, 0) is 62.6 Å². The minimum atomic E-state index is -0.309. The summed E-state index contributed by atoms with van der Waals surface area (Å²) in [5.74, 6) is 0.433. The molecule has 1 heterocycles. The Hall–Kier alpha value is -0.270. The van der Waals surface area contributed by atoms with Gasteiger partial charge in [0.1, 0.15) is 11.0 Å². The fourth-order valence-electron chi connectivity index (χ4n) is 1.61. The Morgan fingerprint density at radius 1 is 1.32 bits per heavy atom. The molecule has 100 valence electrons. The Morgan fingerprint density at radius 2 is 2.00 bits per heavy atom. The lowest BCUT2D eigenvalue weighted by Gasteiger charge is -2.11. The molecule has 0 saturated heterocycles. The highest BCUT2D eigenvalue weighted by Crippen LogP contribution is 2.31. The summed E-state index contributed by atoms with van der Waals surface area (Å²) in [6.45, 7) is 4.09. The number of hydrogen-bond acceptors (Lipinski definition) is 2. The Labute approximate surface area is 138 Å². The normalized spacial score (nSPS) is 11.1. The largest absolute Gasteiger partial charge is 0.232 e. The van der Waals surface area contributed by atoms with Crippen LogP contribution >= 0.6 is 50.1 Å². The van der Waals surface area contributed by atoms with Crippen molar-refractivity contribution >= 4 is 50.1 Å². The van der Waals surface area contributed by atoms with Gasteiger partial charge in [-0.3, -0.25) is 0 Å². The fraction of sp³-hybridized carbons (Fsp3) is 0.231. The first-order valence-corrected chi connectivity index (χ1v) is 7.83. The van der Waals surface area contributed by atoms with E-state index < -0.39 is 0 Å². The Morgan fingerprint density at radius 3 is 2.58 bits per heavy atom. The molecule has 0 spiro atoms. The maximum Gasteiger partial charge on any atom is 0.162 e. The van der Waals surface area contributed by atoms with Crippen molar-refractivity contribution in [2.45, 2.75) is 19.8 Å². The van der Waals surface area contributed by atoms with Gasteiger partial charge < -0.3 is 0 Å². The van der Waals surface area contributed by atoms with Crippen LogP contribution in [-0.2, 0) is 0 Å². The third kappa shape index (κ3) is 3.25. The fourth-order valence-corrected chi connectivity index (χ4v) is 3.18. The van der Waals surface area contributed by atoms with Crippen LogP contribution in [-0.4, -0.2) is 9.97 Å². The zero-order chi connectivity index (χ0) is 14.2. The van der Waals surface area contributed by atoms with E-state index in [1.54, 1.807) is 6.07 Å². The van der Waals surface area contributed by atoms with Crippen LogP contribution in [0, 0.1) is 9.39 Å². The van der Waals surface area contributed by atoms with E-state index in [9.17, 15) is 4.39 Å². The molecule has 19 heavy (non-hydrogen) atoms. The van der Waals surface area contributed by atoms with E-state index in [1.807, 2.05) is 13.8 Å². The van der Waals surface area contributed by atoms with Crippen molar-refractivity contribution in [1.29, 1.82) is 0 Å². The molecule has 0 fully saturated rings. The molecule has 6 heteroatoms. The second-order valence-corrected chi connectivity index (χ2v) is 6.61. The van der Waals surface area contributed by atoms with Gasteiger partial charge in [0.2, 0.25) is 0 Å². The summed E-state index contributed by atoms with van der Waals surface area (Å²) < 4.78 is 14.6. The standard InChI is InChI=1S/C13H10BrClFIN2/c1-6(2)11-10(17)12(15)19-13(18-11)8-4-3-7(16)5-9(8)14/h3-6H,1-2H3. The van der Waals surface area contributed by atoms with Crippen LogP contribution in [0.15, 0.2) is 22.7 Å². The van der Waals surface area contributed by atoms with Gasteiger partial charge in [-0.1, -0.05) is 25.4 Å². The van der Waals surface area contributed by atoms with Crippen molar-refractivity contribution in [3.05, 3.63) is 42.9 Å². The molecule has 0 aliphatic carbocycles. The van der Waals surface area contributed by atoms with Crippen molar-refractivity contribution in [2.75, 3.05) is 0 Å². The summed E-state index contributed by atoms with van der Waals surface area (Å²) in [5, 5.41) is 0.422. The quantitative estimate of drug-likeness (QED) is 0.446. The lowest BCUT2D eigenvalue weighted by molar-refractivity contribution is 0.627. The van der Waals surface area contributed by atoms with E-state index in [0.29, 0.717) is 15.5 Å². The molecule has 0 unspecified atom stereocenters. The molecule has 0 bridgehead atoms. The molecular weight excluding hydrogens is 445 g/mol. The molecule has 1 aromatic heterocycles. The average Bonchev–Trinajstić information content (AvgIpc) is 2.32. The SMILES string of the molecule is CC(C)c1nc(-c2ccc(F)cc2Br)nc(Cl)c1I. The zero-order valence-electron chi connectivity index (χ0n) is 10.2. The highest BCUT2D eigenvalue weighted by Gasteiger charge is 2.16. The Kier molecular flexibility index (Phi) is 4.79. The molecule has 0 aliphatic heterocycles. The van der Waals surface area contributed by atoms with E-state index in [0.717, 1.165) is 14.8 Å². The van der Waals surface area contributed by atoms with Gasteiger partial charge in [-0.15, -0.1) is 0 Å². The van der Waals surface area contributed by atoms with E-state index in [1.165, 1.54) is 12.1 Å². The van der Waals surface area contributed by atoms with Crippen LogP contribution < -0.4 is 0 Å². The average molecular weight is 455 g/mol. The molecule has 0 amide bonds. The molecule has 2 rings (SSSR count). The molecule has 2 aromatic rings. The minimum absolute atomic E-state index is 0.241. The minimum Gasteiger partial charge on any atom is -0.232 e. The number of rotatable bonds is 2. The van der Waals surface area contributed by atoms with Crippen molar-refractivity contribution < 1.29 is 4.39 Å². The maximum atomic E-state index is 13.1. The zero-order valence-corrected chi connectivity index (χ0v) is 14.7. The second-order valence-electron chi connectivity index (χ2n) is 4.32. The summed E-state index contributed by atoms with van der Waals surface area (Å²) in [7, 11) is 0. The van der Waals surface area contributed by atoms with Crippen molar-refractivity contribution in [2.24, 2.45) is 0 Å². The molecule has 0 atom stereocenters. The predicted octanol–water partition coefficient (Wildman–Crippen LogP) is 5.43. The van der Waals surface area contributed by atoms with E-state index >= 15 is 0 Å². The molecular formula is C13H10BrClFIN2. The first kappa shape index (κ1) is 15.1. The highest BCUT2D eigenvalue weighted by atomic mass is 127. The predicted molar refractivity (Wildman–Crippen MR) is 86.9 cm³/mol. The Balaban J connectivity index is 2.63. The van der Waals surface area contributed by atoms with Gasteiger partial charge in [0, 0.05) is 10.0 Å². The Bertz CT molecular complexity index is 634. The van der Waals surface area contributed by atoms with Crippen molar-refractivity contribution in [1.82, 2.24) is 9.97 Å². The molecule has 2 nitrogen and oxygen atoms in total. The number of aromatic nitrogens is 2. The molecule has 0 N–H and O–H groups in total. The molecule has 0 radical (unpaired) electrons. The number of hydrogen-bond donors (Lipinski definition) is 0. The molecule has 0 aliphatic rings. The van der Waals surface area contributed by atoms with Gasteiger partial charge in [0.25, 0.3) is 0 Å². The monoisotopic (exact) mass is 454 g/mol. The van der Waals surface area contributed by atoms with Crippen molar-refractivity contribution in [3.63, 3.8) is 0 Å². The van der Waals surface area contributed by atoms with Crippen LogP contribution in [0.3, 0.4) is 0 Å². The van der Waals surface area contributed by atoms with Crippen LogP contribution in [0.5, 0.6) is 0 Å². The maximum absolute atomic E-state index is 13.1. The van der Waals surface area contributed by atoms with Gasteiger partial charge in [0.05, 0.1) is 9.26 Å². The number of halogens is 4. The lowest BCUT2D eigenvalue weighted by Crippen LogP contribution is -2.03. The van der Waals surface area contributed by atoms with Gasteiger partial charge in [-0.2, -0.15) is 0 Å². The summed E-state index contributed by atoms with van der Waals surface area (Å²) >= 11 is 11.6. The molecule has 0 saturated carbocycles. The van der Waals surface area contributed by atoms with Crippen LogP contribution in [0.25, 0.3) is 11.4 Å². The molecule has 1 aromatic carbocycles. The van der Waals surface area contributed by atoms with Crippen LogP contribution in [0.2, 0.25) is 5.15 Å². The van der Waals surface area contributed by atoms with Gasteiger partial charge in [0.15, 0.2) is 5.82 Å². The second kappa shape index (κ2) is 6.01. The third-order valence-electron chi connectivity index (χ3n) is 2.56.